The van der Waals surface area contributed by atoms with E-state index in [1.54, 1.807) is 0 Å². The largest absolute Gasteiger partial charge is 0.313 e. The molecule has 0 heterocycles. The summed E-state index contributed by atoms with van der Waals surface area (Å²) in [6, 6.07) is 9.80. The van der Waals surface area contributed by atoms with Gasteiger partial charge in [-0.1, -0.05) is 38.1 Å². The SMILES string of the molecule is CCNCc1cccc(CN(C)C2CCC(C)CC2)c1. The number of nitrogens with one attached hydrogen (secondary N) is 1. The van der Waals surface area contributed by atoms with Gasteiger partial charge in [-0.15, -0.1) is 0 Å². The fraction of sp³-hybridized carbons (Fsp3) is 0.667. The van der Waals surface area contributed by atoms with Gasteiger partial charge in [0.05, 0.1) is 0 Å². The maximum Gasteiger partial charge on any atom is 0.0233 e. The fourth-order valence-electron chi connectivity index (χ4n) is 3.21. The van der Waals surface area contributed by atoms with Gasteiger partial charge in [-0.2, -0.15) is 0 Å². The van der Waals surface area contributed by atoms with Gasteiger partial charge in [0, 0.05) is 19.1 Å². The zero-order valence-electron chi connectivity index (χ0n) is 13.4. The van der Waals surface area contributed by atoms with Crippen molar-refractivity contribution in [3.8, 4) is 0 Å². The number of hydrogen-bond acceptors (Lipinski definition) is 2. The van der Waals surface area contributed by atoms with E-state index in [-0.39, 0.29) is 0 Å². The number of benzene rings is 1. The molecule has 20 heavy (non-hydrogen) atoms. The van der Waals surface area contributed by atoms with E-state index in [1.165, 1.54) is 36.8 Å². The summed E-state index contributed by atoms with van der Waals surface area (Å²) in [4.78, 5) is 2.55. The molecule has 0 spiro atoms. The van der Waals surface area contributed by atoms with Crippen LogP contribution in [0.25, 0.3) is 0 Å². The van der Waals surface area contributed by atoms with E-state index in [2.05, 4.69) is 55.4 Å². The van der Waals surface area contributed by atoms with Crippen LogP contribution in [0.1, 0.15) is 50.7 Å². The summed E-state index contributed by atoms with van der Waals surface area (Å²) >= 11 is 0. The Morgan fingerprint density at radius 2 is 1.85 bits per heavy atom. The summed E-state index contributed by atoms with van der Waals surface area (Å²) in [6.07, 6.45) is 5.54. The molecular formula is C18H30N2. The molecule has 112 valence electrons. The molecule has 0 atom stereocenters. The molecule has 0 bridgehead atoms. The molecule has 1 aliphatic rings. The molecule has 0 amide bonds. The zero-order chi connectivity index (χ0) is 14.4. The van der Waals surface area contributed by atoms with E-state index in [4.69, 9.17) is 0 Å². The van der Waals surface area contributed by atoms with Crippen LogP contribution in [-0.4, -0.2) is 24.5 Å². The highest BCUT2D eigenvalue weighted by Crippen LogP contribution is 2.27. The fourth-order valence-corrected chi connectivity index (χ4v) is 3.21. The summed E-state index contributed by atoms with van der Waals surface area (Å²) < 4.78 is 0. The minimum atomic E-state index is 0.781. The van der Waals surface area contributed by atoms with E-state index >= 15 is 0 Å². The van der Waals surface area contributed by atoms with Gasteiger partial charge >= 0.3 is 0 Å². The number of hydrogen-bond donors (Lipinski definition) is 1. The molecule has 2 heteroatoms. The maximum atomic E-state index is 3.40. The lowest BCUT2D eigenvalue weighted by molar-refractivity contribution is 0.164. The third-order valence-corrected chi connectivity index (χ3v) is 4.61. The van der Waals surface area contributed by atoms with Gasteiger partial charge in [-0.3, -0.25) is 4.90 Å². The lowest BCUT2D eigenvalue weighted by Gasteiger charge is -2.33. The predicted molar refractivity (Wildman–Crippen MR) is 86.7 cm³/mol. The van der Waals surface area contributed by atoms with Crippen LogP contribution < -0.4 is 5.32 Å². The number of nitrogens with zero attached hydrogens (tertiary/aromatic N) is 1. The van der Waals surface area contributed by atoms with Crippen LogP contribution in [-0.2, 0) is 13.1 Å². The molecule has 1 aromatic rings. The molecular weight excluding hydrogens is 244 g/mol. The highest BCUT2D eigenvalue weighted by Gasteiger charge is 2.21. The lowest BCUT2D eigenvalue weighted by atomic mass is 9.86. The summed E-state index contributed by atoms with van der Waals surface area (Å²) in [5, 5.41) is 3.40. The second kappa shape index (κ2) is 7.80. The van der Waals surface area contributed by atoms with Gasteiger partial charge in [0.15, 0.2) is 0 Å². The summed E-state index contributed by atoms with van der Waals surface area (Å²) in [6.45, 7) is 7.64. The van der Waals surface area contributed by atoms with E-state index in [9.17, 15) is 0 Å². The Bertz CT molecular complexity index is 394. The van der Waals surface area contributed by atoms with Crippen molar-refractivity contribution in [1.29, 1.82) is 0 Å². The predicted octanol–water partition coefficient (Wildman–Crippen LogP) is 3.81. The molecule has 0 aromatic heterocycles. The summed E-state index contributed by atoms with van der Waals surface area (Å²) in [7, 11) is 2.29. The van der Waals surface area contributed by atoms with E-state index in [0.29, 0.717) is 0 Å². The monoisotopic (exact) mass is 274 g/mol. The Morgan fingerprint density at radius 3 is 2.55 bits per heavy atom. The maximum absolute atomic E-state index is 3.40. The summed E-state index contributed by atoms with van der Waals surface area (Å²) in [5.41, 5.74) is 2.84. The van der Waals surface area contributed by atoms with E-state index < -0.39 is 0 Å². The molecule has 1 fully saturated rings. The van der Waals surface area contributed by atoms with Gasteiger partial charge in [0.2, 0.25) is 0 Å². The van der Waals surface area contributed by atoms with Crippen molar-refractivity contribution in [3.63, 3.8) is 0 Å². The van der Waals surface area contributed by atoms with Crippen LogP contribution in [0.4, 0.5) is 0 Å². The Labute approximate surface area is 124 Å². The normalized spacial score (nSPS) is 23.2. The minimum absolute atomic E-state index is 0.781. The van der Waals surface area contributed by atoms with Gasteiger partial charge < -0.3 is 5.32 Å². The first-order valence-corrected chi connectivity index (χ1v) is 8.17. The molecule has 1 N–H and O–H groups in total. The molecule has 1 saturated carbocycles. The van der Waals surface area contributed by atoms with Crippen LogP contribution >= 0.6 is 0 Å². The van der Waals surface area contributed by atoms with Crippen molar-refractivity contribution < 1.29 is 0 Å². The van der Waals surface area contributed by atoms with Crippen LogP contribution in [0.5, 0.6) is 0 Å². The highest BCUT2D eigenvalue weighted by atomic mass is 15.1. The molecule has 2 nitrogen and oxygen atoms in total. The molecule has 0 radical (unpaired) electrons. The molecule has 1 aliphatic carbocycles. The van der Waals surface area contributed by atoms with Crippen molar-refractivity contribution >= 4 is 0 Å². The van der Waals surface area contributed by atoms with Gasteiger partial charge in [0.25, 0.3) is 0 Å². The van der Waals surface area contributed by atoms with Crippen molar-refractivity contribution in [1.82, 2.24) is 10.2 Å². The second-order valence-corrected chi connectivity index (χ2v) is 6.43. The minimum Gasteiger partial charge on any atom is -0.313 e. The number of rotatable bonds is 6. The van der Waals surface area contributed by atoms with Crippen molar-refractivity contribution in [2.24, 2.45) is 5.92 Å². The average Bonchev–Trinajstić information content (AvgIpc) is 2.46. The van der Waals surface area contributed by atoms with Crippen molar-refractivity contribution in [2.45, 2.75) is 58.7 Å². The first-order chi connectivity index (χ1) is 9.69. The van der Waals surface area contributed by atoms with Crippen molar-refractivity contribution in [2.75, 3.05) is 13.6 Å². The third-order valence-electron chi connectivity index (χ3n) is 4.61. The van der Waals surface area contributed by atoms with E-state index in [0.717, 1.165) is 31.6 Å². The zero-order valence-corrected chi connectivity index (χ0v) is 13.4. The van der Waals surface area contributed by atoms with Gasteiger partial charge in [-0.25, -0.2) is 0 Å². The van der Waals surface area contributed by atoms with Crippen LogP contribution in [0.15, 0.2) is 24.3 Å². The summed E-state index contributed by atoms with van der Waals surface area (Å²) in [5.74, 6) is 0.933. The second-order valence-electron chi connectivity index (χ2n) is 6.43. The van der Waals surface area contributed by atoms with Crippen LogP contribution in [0.2, 0.25) is 0 Å². The van der Waals surface area contributed by atoms with Gasteiger partial charge in [-0.05, 0) is 56.3 Å². The quantitative estimate of drug-likeness (QED) is 0.848. The Hall–Kier alpha value is -0.860. The Kier molecular flexibility index (Phi) is 6.06. The van der Waals surface area contributed by atoms with Gasteiger partial charge in [0.1, 0.15) is 0 Å². The van der Waals surface area contributed by atoms with E-state index in [1.807, 2.05) is 0 Å². The standard InChI is InChI=1S/C18H30N2/c1-4-19-13-16-6-5-7-17(12-16)14-20(3)18-10-8-15(2)9-11-18/h5-7,12,15,18-19H,4,8-11,13-14H2,1-3H3. The molecule has 2 rings (SSSR count). The molecule has 0 unspecified atom stereocenters. The topological polar surface area (TPSA) is 15.3 Å². The average molecular weight is 274 g/mol. The van der Waals surface area contributed by atoms with Crippen molar-refractivity contribution in [3.05, 3.63) is 35.4 Å². The Morgan fingerprint density at radius 1 is 1.15 bits per heavy atom. The first kappa shape index (κ1) is 15.5. The smallest absolute Gasteiger partial charge is 0.0233 e. The molecule has 0 aliphatic heterocycles. The molecule has 1 aromatic carbocycles. The Balaban J connectivity index is 1.88. The van der Waals surface area contributed by atoms with Crippen LogP contribution in [0.3, 0.4) is 0 Å². The third kappa shape index (κ3) is 4.60. The van der Waals surface area contributed by atoms with Crippen LogP contribution in [0, 0.1) is 5.92 Å². The first-order valence-electron chi connectivity index (χ1n) is 8.17. The highest BCUT2D eigenvalue weighted by molar-refractivity contribution is 5.23. The molecule has 0 saturated heterocycles. The lowest BCUT2D eigenvalue weighted by Crippen LogP contribution is -2.34.